The first-order valence-electron chi connectivity index (χ1n) is 10.6. The first kappa shape index (κ1) is 26.2. The Morgan fingerprint density at radius 3 is 2.34 bits per heavy atom. The number of benzene rings is 2. The number of nitrogens with one attached hydrogen (secondary N) is 1. The molecule has 1 fully saturated rings. The molecule has 1 aliphatic heterocycles. The number of sulfone groups is 1. The van der Waals surface area contributed by atoms with Crippen LogP contribution in [0.2, 0.25) is 0 Å². The smallest absolute Gasteiger partial charge is 0.193 e. The molecule has 2 aromatic rings. The molecule has 0 spiro atoms. The lowest BCUT2D eigenvalue weighted by Gasteiger charge is -2.38. The number of para-hydroxylation sites is 2. The molecule has 0 unspecified atom stereocenters. The highest BCUT2D eigenvalue weighted by atomic mass is 127. The third-order valence-corrected chi connectivity index (χ3v) is 7.05. The molecule has 32 heavy (non-hydrogen) atoms. The van der Waals surface area contributed by atoms with Crippen molar-refractivity contribution in [3.05, 3.63) is 60.2 Å². The predicted molar refractivity (Wildman–Crippen MR) is 142 cm³/mol. The van der Waals surface area contributed by atoms with Gasteiger partial charge in [-0.3, -0.25) is 4.99 Å². The van der Waals surface area contributed by atoms with E-state index in [9.17, 15) is 8.42 Å². The van der Waals surface area contributed by atoms with Crippen LogP contribution < -0.4 is 15.0 Å². The molecule has 0 amide bonds. The summed E-state index contributed by atoms with van der Waals surface area (Å²) < 4.78 is 30.2. The number of hydrogen-bond acceptors (Lipinski definition) is 5. The second-order valence-electron chi connectivity index (χ2n) is 7.55. The first-order valence-corrected chi connectivity index (χ1v) is 12.4. The largest absolute Gasteiger partial charge is 0.495 e. The minimum absolute atomic E-state index is 0. The van der Waals surface area contributed by atoms with Crippen LogP contribution in [0, 0.1) is 0 Å². The van der Waals surface area contributed by atoms with Crippen LogP contribution >= 0.6 is 24.0 Å². The van der Waals surface area contributed by atoms with Crippen molar-refractivity contribution in [2.24, 2.45) is 4.99 Å². The van der Waals surface area contributed by atoms with Gasteiger partial charge in [-0.2, -0.15) is 0 Å². The number of nitrogens with zero attached hydrogens (tertiary/aromatic N) is 3. The minimum atomic E-state index is -3.12. The Hall–Kier alpha value is -2.01. The Labute approximate surface area is 208 Å². The quantitative estimate of drug-likeness (QED) is 0.227. The monoisotopic (exact) mass is 572 g/mol. The summed E-state index contributed by atoms with van der Waals surface area (Å²) in [6, 6.07) is 17.4. The summed E-state index contributed by atoms with van der Waals surface area (Å²) in [6.45, 7) is 3.99. The summed E-state index contributed by atoms with van der Waals surface area (Å²) in [7, 11) is 0.340. The lowest BCUT2D eigenvalue weighted by molar-refractivity contribution is 0.367. The molecule has 9 heteroatoms. The van der Waals surface area contributed by atoms with Gasteiger partial charge in [-0.15, -0.1) is 24.0 Å². The van der Waals surface area contributed by atoms with Gasteiger partial charge in [0.15, 0.2) is 15.8 Å². The maximum Gasteiger partial charge on any atom is 0.193 e. The number of rotatable bonds is 8. The number of ether oxygens (including phenoxy) is 1. The molecule has 0 radical (unpaired) electrons. The van der Waals surface area contributed by atoms with E-state index in [4.69, 9.17) is 4.74 Å². The molecule has 0 saturated carbocycles. The van der Waals surface area contributed by atoms with Gasteiger partial charge in [0.25, 0.3) is 0 Å². The molecule has 1 heterocycles. The van der Waals surface area contributed by atoms with Gasteiger partial charge in [-0.25, -0.2) is 8.42 Å². The standard InChI is InChI=1S/C23H32N4O3S.HI/c1-24-23(25-13-8-18-31(28,29)19-20-9-4-3-5-10-20)27-16-14-26(15-17-27)21-11-6-7-12-22(21)30-2;/h3-7,9-12H,8,13-19H2,1-2H3,(H,24,25);1H. The fraction of sp³-hybridized carbons (Fsp3) is 0.435. The average Bonchev–Trinajstić information content (AvgIpc) is 2.79. The van der Waals surface area contributed by atoms with Crippen LogP contribution in [0.25, 0.3) is 0 Å². The van der Waals surface area contributed by atoms with Crippen molar-refractivity contribution in [2.75, 3.05) is 57.5 Å². The molecule has 1 saturated heterocycles. The first-order chi connectivity index (χ1) is 15.0. The van der Waals surface area contributed by atoms with Crippen LogP contribution in [-0.2, 0) is 15.6 Å². The molecule has 0 bridgehead atoms. The summed E-state index contributed by atoms with van der Waals surface area (Å²) in [5.41, 5.74) is 1.94. The Kier molecular flexibility index (Phi) is 10.6. The summed E-state index contributed by atoms with van der Waals surface area (Å²) >= 11 is 0. The van der Waals surface area contributed by atoms with Crippen molar-refractivity contribution in [3.8, 4) is 5.75 Å². The second kappa shape index (κ2) is 12.9. The van der Waals surface area contributed by atoms with Crippen LogP contribution in [0.4, 0.5) is 5.69 Å². The van der Waals surface area contributed by atoms with Gasteiger partial charge in [0.05, 0.1) is 24.3 Å². The van der Waals surface area contributed by atoms with Gasteiger partial charge in [-0.05, 0) is 24.1 Å². The SMILES string of the molecule is CN=C(NCCCS(=O)(=O)Cc1ccccc1)N1CCN(c2ccccc2OC)CC1.I. The summed E-state index contributed by atoms with van der Waals surface area (Å²) in [5.74, 6) is 1.95. The molecule has 1 aliphatic rings. The predicted octanol–water partition coefficient (Wildman–Crippen LogP) is 3.02. The van der Waals surface area contributed by atoms with E-state index in [2.05, 4.69) is 26.2 Å². The van der Waals surface area contributed by atoms with Crippen LogP contribution in [0.3, 0.4) is 0 Å². The number of methoxy groups -OCH3 is 1. The third kappa shape index (κ3) is 7.54. The molecular formula is C23H33IN4O3S. The zero-order valence-corrected chi connectivity index (χ0v) is 21.9. The lowest BCUT2D eigenvalue weighted by atomic mass is 10.2. The topological polar surface area (TPSA) is 74.2 Å². The number of piperazine rings is 1. The Balaban J connectivity index is 0.00000363. The Morgan fingerprint density at radius 1 is 1.03 bits per heavy atom. The van der Waals surface area contributed by atoms with E-state index in [-0.39, 0.29) is 35.5 Å². The van der Waals surface area contributed by atoms with E-state index in [0.29, 0.717) is 13.0 Å². The van der Waals surface area contributed by atoms with Gasteiger partial charge in [0, 0.05) is 39.8 Å². The number of anilines is 1. The molecule has 0 aliphatic carbocycles. The highest BCUT2D eigenvalue weighted by Gasteiger charge is 2.21. The van der Waals surface area contributed by atoms with Crippen molar-refractivity contribution in [2.45, 2.75) is 12.2 Å². The van der Waals surface area contributed by atoms with Crippen LogP contribution in [0.1, 0.15) is 12.0 Å². The highest BCUT2D eigenvalue weighted by molar-refractivity contribution is 14.0. The third-order valence-electron chi connectivity index (χ3n) is 5.36. The molecule has 7 nitrogen and oxygen atoms in total. The van der Waals surface area contributed by atoms with Gasteiger partial charge in [-0.1, -0.05) is 42.5 Å². The van der Waals surface area contributed by atoms with Crippen LogP contribution in [0.5, 0.6) is 5.75 Å². The fourth-order valence-corrected chi connectivity index (χ4v) is 5.20. The summed E-state index contributed by atoms with van der Waals surface area (Å²) in [4.78, 5) is 8.91. The van der Waals surface area contributed by atoms with Gasteiger partial charge in [0.1, 0.15) is 5.75 Å². The second-order valence-corrected chi connectivity index (χ2v) is 9.74. The van der Waals surface area contributed by atoms with Gasteiger partial charge >= 0.3 is 0 Å². The normalized spacial score (nSPS) is 14.6. The van der Waals surface area contributed by atoms with Crippen molar-refractivity contribution in [1.82, 2.24) is 10.2 Å². The van der Waals surface area contributed by atoms with E-state index < -0.39 is 9.84 Å². The van der Waals surface area contributed by atoms with E-state index in [1.807, 2.05) is 48.5 Å². The van der Waals surface area contributed by atoms with Gasteiger partial charge < -0.3 is 19.9 Å². The van der Waals surface area contributed by atoms with Crippen molar-refractivity contribution in [3.63, 3.8) is 0 Å². The average molecular weight is 573 g/mol. The van der Waals surface area contributed by atoms with Crippen LogP contribution in [0.15, 0.2) is 59.6 Å². The Morgan fingerprint density at radius 2 is 1.69 bits per heavy atom. The summed E-state index contributed by atoms with van der Waals surface area (Å²) in [5, 5.41) is 3.32. The van der Waals surface area contributed by atoms with E-state index in [1.54, 1.807) is 14.2 Å². The maximum atomic E-state index is 12.4. The van der Waals surface area contributed by atoms with Crippen molar-refractivity contribution in [1.29, 1.82) is 0 Å². The van der Waals surface area contributed by atoms with E-state index in [1.165, 1.54) is 0 Å². The molecule has 1 N–H and O–H groups in total. The number of aliphatic imine (C=N–C) groups is 1. The molecule has 0 aromatic heterocycles. The number of halogens is 1. The zero-order chi connectivity index (χ0) is 22.1. The Bertz CT molecular complexity index is 962. The van der Waals surface area contributed by atoms with E-state index >= 15 is 0 Å². The molecule has 176 valence electrons. The maximum absolute atomic E-state index is 12.4. The molecule has 0 atom stereocenters. The number of guanidine groups is 1. The molecular weight excluding hydrogens is 539 g/mol. The lowest BCUT2D eigenvalue weighted by Crippen LogP contribution is -2.52. The number of hydrogen-bond donors (Lipinski definition) is 1. The van der Waals surface area contributed by atoms with Crippen molar-refractivity contribution < 1.29 is 13.2 Å². The molecule has 2 aromatic carbocycles. The highest BCUT2D eigenvalue weighted by Crippen LogP contribution is 2.28. The van der Waals surface area contributed by atoms with Crippen LogP contribution in [-0.4, -0.2) is 71.9 Å². The minimum Gasteiger partial charge on any atom is -0.495 e. The molecule has 3 rings (SSSR count). The van der Waals surface area contributed by atoms with E-state index in [0.717, 1.165) is 49.1 Å². The zero-order valence-electron chi connectivity index (χ0n) is 18.7. The fourth-order valence-electron chi connectivity index (χ4n) is 3.78. The van der Waals surface area contributed by atoms with Gasteiger partial charge in [0.2, 0.25) is 0 Å². The summed E-state index contributed by atoms with van der Waals surface area (Å²) in [6.07, 6.45) is 0.551. The van der Waals surface area contributed by atoms with Crippen molar-refractivity contribution >= 4 is 45.5 Å².